The van der Waals surface area contributed by atoms with E-state index >= 15 is 0 Å². The molecular formula is C16H17N3O5. The van der Waals surface area contributed by atoms with Crippen LogP contribution in [0.15, 0.2) is 33.9 Å². The maximum absolute atomic E-state index is 12.4. The van der Waals surface area contributed by atoms with Crippen molar-refractivity contribution in [3.63, 3.8) is 0 Å². The number of hydrogen-bond acceptors (Lipinski definition) is 4. The van der Waals surface area contributed by atoms with Crippen molar-refractivity contribution in [1.29, 1.82) is 0 Å². The minimum absolute atomic E-state index is 0.0708. The fourth-order valence-electron chi connectivity index (χ4n) is 2.93. The first-order valence-corrected chi connectivity index (χ1v) is 7.55. The van der Waals surface area contributed by atoms with Gasteiger partial charge >= 0.3 is 11.7 Å². The molecule has 0 bridgehead atoms. The molecule has 1 saturated heterocycles. The average Bonchev–Trinajstić information content (AvgIpc) is 2.95. The molecule has 24 heavy (non-hydrogen) atoms. The first kappa shape index (κ1) is 16.0. The molecule has 1 fully saturated rings. The van der Waals surface area contributed by atoms with Crippen LogP contribution in [-0.2, 0) is 16.1 Å². The van der Waals surface area contributed by atoms with Crippen LogP contribution in [0.2, 0.25) is 0 Å². The normalized spacial score (nSPS) is 20.5. The summed E-state index contributed by atoms with van der Waals surface area (Å²) >= 11 is 0. The number of benzene rings is 1. The minimum Gasteiger partial charge on any atom is -0.481 e. The van der Waals surface area contributed by atoms with Gasteiger partial charge < -0.3 is 15.0 Å². The van der Waals surface area contributed by atoms with Crippen molar-refractivity contribution < 1.29 is 14.7 Å². The molecule has 1 aromatic heterocycles. The molecule has 8 nitrogen and oxygen atoms in total. The van der Waals surface area contributed by atoms with E-state index in [-0.39, 0.29) is 6.54 Å². The predicted molar refractivity (Wildman–Crippen MR) is 85.8 cm³/mol. The molecule has 2 N–H and O–H groups in total. The number of nitrogens with one attached hydrogen (secondary N) is 1. The van der Waals surface area contributed by atoms with Crippen LogP contribution >= 0.6 is 0 Å². The molecule has 1 aliphatic heterocycles. The van der Waals surface area contributed by atoms with Crippen LogP contribution in [0.25, 0.3) is 10.9 Å². The van der Waals surface area contributed by atoms with Gasteiger partial charge in [0.05, 0.1) is 16.3 Å². The van der Waals surface area contributed by atoms with Crippen LogP contribution in [0.1, 0.15) is 13.3 Å². The lowest BCUT2D eigenvalue weighted by Crippen LogP contribution is -2.42. The Morgan fingerprint density at radius 2 is 2.00 bits per heavy atom. The molecule has 126 valence electrons. The van der Waals surface area contributed by atoms with Crippen molar-refractivity contribution in [1.82, 2.24) is 14.5 Å². The molecule has 0 saturated carbocycles. The van der Waals surface area contributed by atoms with Crippen molar-refractivity contribution in [3.8, 4) is 0 Å². The second-order valence-corrected chi connectivity index (χ2v) is 6.30. The summed E-state index contributed by atoms with van der Waals surface area (Å²) in [6, 6.07) is 6.56. The molecule has 1 aromatic carbocycles. The zero-order valence-corrected chi connectivity index (χ0v) is 13.1. The van der Waals surface area contributed by atoms with Crippen molar-refractivity contribution in [3.05, 3.63) is 45.1 Å². The van der Waals surface area contributed by atoms with Crippen LogP contribution < -0.4 is 11.2 Å². The van der Waals surface area contributed by atoms with Gasteiger partial charge in [0.15, 0.2) is 0 Å². The van der Waals surface area contributed by atoms with Crippen LogP contribution in [0.4, 0.5) is 0 Å². The first-order chi connectivity index (χ1) is 11.3. The molecule has 2 aromatic rings. The third-order valence-corrected chi connectivity index (χ3v) is 4.53. The smallest absolute Gasteiger partial charge is 0.329 e. The molecule has 0 aliphatic carbocycles. The minimum atomic E-state index is -0.990. The third kappa shape index (κ3) is 2.60. The summed E-state index contributed by atoms with van der Waals surface area (Å²) in [5.41, 5.74) is -1.78. The SMILES string of the molecule is C[C@@]1(C(=O)O)CCN(C(=O)Cn2c(=O)[nH]c3ccccc3c2=O)C1. The number of aromatic nitrogens is 2. The number of H-pyrrole nitrogens is 1. The van der Waals surface area contributed by atoms with Crippen LogP contribution in [0, 0.1) is 5.41 Å². The van der Waals surface area contributed by atoms with Crippen molar-refractivity contribution >= 4 is 22.8 Å². The van der Waals surface area contributed by atoms with Gasteiger partial charge in [0.1, 0.15) is 6.54 Å². The van der Waals surface area contributed by atoms with Crippen LogP contribution in [0.5, 0.6) is 0 Å². The molecule has 0 unspecified atom stereocenters. The first-order valence-electron chi connectivity index (χ1n) is 7.55. The lowest BCUT2D eigenvalue weighted by Gasteiger charge is -2.20. The summed E-state index contributed by atoms with van der Waals surface area (Å²) in [7, 11) is 0. The van der Waals surface area contributed by atoms with E-state index in [0.29, 0.717) is 23.9 Å². The van der Waals surface area contributed by atoms with E-state index in [0.717, 1.165) is 4.57 Å². The summed E-state index contributed by atoms with van der Waals surface area (Å²) in [5.74, 6) is -1.40. The lowest BCUT2D eigenvalue weighted by molar-refractivity contribution is -0.147. The highest BCUT2D eigenvalue weighted by atomic mass is 16.4. The van der Waals surface area contributed by atoms with Gasteiger partial charge in [-0.05, 0) is 25.5 Å². The second kappa shape index (κ2) is 5.63. The molecule has 0 radical (unpaired) electrons. The number of aliphatic carboxylic acids is 1. The topological polar surface area (TPSA) is 112 Å². The number of amides is 1. The van der Waals surface area contributed by atoms with Crippen LogP contribution in [-0.4, -0.2) is 44.5 Å². The Balaban J connectivity index is 1.88. The highest BCUT2D eigenvalue weighted by Gasteiger charge is 2.42. The van der Waals surface area contributed by atoms with Gasteiger partial charge in [-0.3, -0.25) is 19.0 Å². The number of fused-ring (bicyclic) bond motifs is 1. The van der Waals surface area contributed by atoms with Gasteiger partial charge in [0.25, 0.3) is 5.56 Å². The number of carboxylic acid groups (broad SMARTS) is 1. The quantitative estimate of drug-likeness (QED) is 0.823. The van der Waals surface area contributed by atoms with Gasteiger partial charge in [0, 0.05) is 13.1 Å². The predicted octanol–water partition coefficient (Wildman–Crippen LogP) is 0.0130. The van der Waals surface area contributed by atoms with E-state index in [1.165, 1.54) is 4.90 Å². The third-order valence-electron chi connectivity index (χ3n) is 4.53. The van der Waals surface area contributed by atoms with Crippen molar-refractivity contribution in [2.24, 2.45) is 5.41 Å². The van der Waals surface area contributed by atoms with Gasteiger partial charge in [0.2, 0.25) is 5.91 Å². The highest BCUT2D eigenvalue weighted by molar-refractivity contribution is 5.81. The molecular weight excluding hydrogens is 314 g/mol. The summed E-state index contributed by atoms with van der Waals surface area (Å²) in [6.07, 6.45) is 0.344. The molecule has 1 aliphatic rings. The Morgan fingerprint density at radius 3 is 2.67 bits per heavy atom. The Hall–Kier alpha value is -2.90. The average molecular weight is 331 g/mol. The van der Waals surface area contributed by atoms with Crippen molar-refractivity contribution in [2.45, 2.75) is 19.9 Å². The highest BCUT2D eigenvalue weighted by Crippen LogP contribution is 2.30. The van der Waals surface area contributed by atoms with E-state index in [1.807, 2.05) is 0 Å². The maximum atomic E-state index is 12.4. The largest absolute Gasteiger partial charge is 0.481 e. The summed E-state index contributed by atoms with van der Waals surface area (Å²) in [5, 5.41) is 9.54. The van der Waals surface area contributed by atoms with Gasteiger partial charge in [-0.1, -0.05) is 12.1 Å². The van der Waals surface area contributed by atoms with Crippen molar-refractivity contribution in [2.75, 3.05) is 13.1 Å². The summed E-state index contributed by atoms with van der Waals surface area (Å²) in [4.78, 5) is 52.1. The van der Waals surface area contributed by atoms with Gasteiger partial charge in [-0.15, -0.1) is 0 Å². The monoisotopic (exact) mass is 331 g/mol. The standard InChI is InChI=1S/C16H17N3O5/c1-16(14(22)23)6-7-18(9-16)12(20)8-19-13(21)10-4-2-3-5-11(10)17-15(19)24/h2-5H,6-9H2,1H3,(H,17,24)(H,22,23)/t16-/m1/s1. The Labute approximate surface area is 136 Å². The van der Waals surface area contributed by atoms with E-state index in [4.69, 9.17) is 0 Å². The number of carboxylic acids is 1. The van der Waals surface area contributed by atoms with E-state index in [1.54, 1.807) is 31.2 Å². The Kier molecular flexibility index (Phi) is 3.75. The van der Waals surface area contributed by atoms with Gasteiger partial charge in [-0.2, -0.15) is 0 Å². The summed E-state index contributed by atoms with van der Waals surface area (Å²) < 4.78 is 0.848. The number of likely N-dealkylation sites (tertiary alicyclic amines) is 1. The maximum Gasteiger partial charge on any atom is 0.329 e. The zero-order valence-electron chi connectivity index (χ0n) is 13.1. The molecule has 2 heterocycles. The number of hydrogen-bond donors (Lipinski definition) is 2. The molecule has 3 rings (SSSR count). The van der Waals surface area contributed by atoms with E-state index in [9.17, 15) is 24.3 Å². The molecule has 1 atom stereocenters. The Morgan fingerprint density at radius 1 is 1.29 bits per heavy atom. The number of nitrogens with zero attached hydrogens (tertiary/aromatic N) is 2. The molecule has 0 spiro atoms. The van der Waals surface area contributed by atoms with Crippen LogP contribution in [0.3, 0.4) is 0 Å². The summed E-state index contributed by atoms with van der Waals surface area (Å²) in [6.45, 7) is 1.54. The molecule has 1 amide bonds. The lowest BCUT2D eigenvalue weighted by atomic mass is 9.90. The number of aromatic amines is 1. The zero-order chi connectivity index (χ0) is 17.5. The number of carbonyl (C=O) groups is 2. The number of para-hydroxylation sites is 1. The van der Waals surface area contributed by atoms with E-state index in [2.05, 4.69) is 4.98 Å². The fourth-order valence-corrected chi connectivity index (χ4v) is 2.93. The Bertz CT molecular complexity index is 945. The van der Waals surface area contributed by atoms with E-state index < -0.39 is 35.1 Å². The molecule has 8 heteroatoms. The second-order valence-electron chi connectivity index (χ2n) is 6.30. The number of carbonyl (C=O) groups excluding carboxylic acids is 1. The fraction of sp³-hybridized carbons (Fsp3) is 0.375. The van der Waals surface area contributed by atoms with Gasteiger partial charge in [-0.25, -0.2) is 4.79 Å². The number of rotatable bonds is 3.